The Kier molecular flexibility index (Phi) is 6.16. The van der Waals surface area contributed by atoms with Crippen molar-refractivity contribution in [3.05, 3.63) is 29.3 Å². The van der Waals surface area contributed by atoms with E-state index in [2.05, 4.69) is 10.1 Å². The van der Waals surface area contributed by atoms with Crippen LogP contribution in [0.4, 0.5) is 5.69 Å². The van der Waals surface area contributed by atoms with Gasteiger partial charge in [-0.3, -0.25) is 9.79 Å². The maximum Gasteiger partial charge on any atom is 0.224 e. The van der Waals surface area contributed by atoms with Gasteiger partial charge in [0.1, 0.15) is 6.04 Å². The van der Waals surface area contributed by atoms with Crippen molar-refractivity contribution < 1.29 is 4.79 Å². The molecule has 0 saturated carbocycles. The van der Waals surface area contributed by atoms with Crippen molar-refractivity contribution in [2.75, 3.05) is 18.0 Å². The van der Waals surface area contributed by atoms with Crippen molar-refractivity contribution in [1.82, 2.24) is 0 Å². The van der Waals surface area contributed by atoms with E-state index in [9.17, 15) is 4.79 Å². The molecule has 1 amide bonds. The third-order valence-electron chi connectivity index (χ3n) is 4.30. The quantitative estimate of drug-likeness (QED) is 0.421. The van der Waals surface area contributed by atoms with Crippen LogP contribution in [0.1, 0.15) is 49.9 Å². The van der Waals surface area contributed by atoms with Gasteiger partial charge in [0.05, 0.1) is 0 Å². The highest BCUT2D eigenvalue weighted by Gasteiger charge is 2.31. The number of nitrogens with one attached hydrogen (secondary N) is 1. The van der Waals surface area contributed by atoms with Crippen molar-refractivity contribution in [2.24, 2.45) is 21.6 Å². The fourth-order valence-electron chi connectivity index (χ4n) is 3.14. The minimum absolute atomic E-state index is 0.00785. The summed E-state index contributed by atoms with van der Waals surface area (Å²) in [7, 11) is 0. The van der Waals surface area contributed by atoms with Crippen molar-refractivity contribution in [3.63, 3.8) is 0 Å². The lowest BCUT2D eigenvalue weighted by atomic mass is 9.90. The van der Waals surface area contributed by atoms with Gasteiger partial charge in [-0.2, -0.15) is 5.11 Å². The van der Waals surface area contributed by atoms with Gasteiger partial charge in [-0.15, -0.1) is 0 Å². The summed E-state index contributed by atoms with van der Waals surface area (Å²) in [6, 6.07) is 5.23. The molecule has 0 aromatic heterocycles. The summed E-state index contributed by atoms with van der Waals surface area (Å²) in [6.45, 7) is 4.79. The summed E-state index contributed by atoms with van der Waals surface area (Å²) in [5.41, 5.74) is 21.8. The minimum atomic E-state index is -0.439. The molecule has 7 nitrogen and oxygen atoms in total. The molecule has 0 spiro atoms. The van der Waals surface area contributed by atoms with Crippen LogP contribution in [0.3, 0.4) is 0 Å². The zero-order valence-corrected chi connectivity index (χ0v) is 14.3. The van der Waals surface area contributed by atoms with Crippen LogP contribution in [0.25, 0.3) is 0 Å². The Balaban J connectivity index is 2.32. The maximum absolute atomic E-state index is 12.0. The third kappa shape index (κ3) is 3.85. The number of rotatable bonds is 6. The summed E-state index contributed by atoms with van der Waals surface area (Å²) in [6.07, 6.45) is 3.19. The van der Waals surface area contributed by atoms with Gasteiger partial charge in [0.15, 0.2) is 0 Å². The molecule has 1 aromatic rings. The van der Waals surface area contributed by atoms with E-state index < -0.39 is 6.04 Å². The number of anilines is 1. The van der Waals surface area contributed by atoms with E-state index in [1.165, 1.54) is 0 Å². The number of benzene rings is 1. The number of amides is 1. The van der Waals surface area contributed by atoms with Gasteiger partial charge in [0, 0.05) is 37.5 Å². The maximum atomic E-state index is 12.0. The largest absolute Gasteiger partial charge is 0.330 e. The van der Waals surface area contributed by atoms with Crippen molar-refractivity contribution in [2.45, 2.75) is 44.8 Å². The highest BCUT2D eigenvalue weighted by molar-refractivity contribution is 5.93. The first-order valence-corrected chi connectivity index (χ1v) is 8.25. The van der Waals surface area contributed by atoms with Gasteiger partial charge in [-0.05, 0) is 49.6 Å². The molecule has 1 heterocycles. The highest BCUT2D eigenvalue weighted by atomic mass is 16.2. The van der Waals surface area contributed by atoms with E-state index in [4.69, 9.17) is 17.0 Å². The molecule has 130 valence electrons. The molecule has 5 N–H and O–H groups in total. The number of nitrogens with zero attached hydrogens (tertiary/aromatic N) is 3. The molecule has 24 heavy (non-hydrogen) atoms. The molecule has 0 aliphatic carbocycles. The first-order chi connectivity index (χ1) is 11.5. The van der Waals surface area contributed by atoms with Gasteiger partial charge >= 0.3 is 0 Å². The number of carbonyl (C=O) groups excluding carboxylic acids is 1. The second-order valence-electron chi connectivity index (χ2n) is 6.17. The van der Waals surface area contributed by atoms with Crippen molar-refractivity contribution in [1.29, 1.82) is 5.53 Å². The lowest BCUT2D eigenvalue weighted by molar-refractivity contribution is -0.117. The predicted molar refractivity (Wildman–Crippen MR) is 95.5 cm³/mol. The summed E-state index contributed by atoms with van der Waals surface area (Å²) >= 11 is 0. The molecule has 3 atom stereocenters. The zero-order valence-electron chi connectivity index (χ0n) is 14.3. The topological polar surface area (TPSA) is 121 Å². The summed E-state index contributed by atoms with van der Waals surface area (Å²) in [4.78, 5) is 18.0. The van der Waals surface area contributed by atoms with Gasteiger partial charge in [0.2, 0.25) is 5.91 Å². The van der Waals surface area contributed by atoms with Gasteiger partial charge in [0.25, 0.3) is 0 Å². The Hall–Kier alpha value is -2.12. The average molecular weight is 330 g/mol. The molecule has 0 saturated heterocycles. The van der Waals surface area contributed by atoms with Gasteiger partial charge < -0.3 is 16.4 Å². The highest BCUT2D eigenvalue weighted by Crippen LogP contribution is 2.37. The normalized spacial score (nSPS) is 21.6. The lowest BCUT2D eigenvalue weighted by Crippen LogP contribution is -2.43. The fourth-order valence-corrected chi connectivity index (χ4v) is 3.14. The number of hydrogen-bond acceptors (Lipinski definition) is 6. The Morgan fingerprint density at radius 2 is 2.29 bits per heavy atom. The first kappa shape index (κ1) is 18.2. The number of nitrogens with two attached hydrogens (primary N) is 2. The van der Waals surface area contributed by atoms with E-state index in [1.807, 2.05) is 25.1 Å². The van der Waals surface area contributed by atoms with E-state index in [0.29, 0.717) is 19.5 Å². The van der Waals surface area contributed by atoms with Crippen LogP contribution >= 0.6 is 0 Å². The molecule has 0 radical (unpaired) electrons. The minimum Gasteiger partial charge on any atom is -0.330 e. The average Bonchev–Trinajstić information content (AvgIpc) is 2.54. The molecule has 7 heteroatoms. The molecular weight excluding hydrogens is 304 g/mol. The molecule has 1 aliphatic heterocycles. The van der Waals surface area contributed by atoms with Crippen molar-refractivity contribution >= 4 is 17.8 Å². The van der Waals surface area contributed by atoms with Crippen LogP contribution in [0.2, 0.25) is 0 Å². The molecule has 1 aliphatic rings. The molecule has 0 fully saturated rings. The third-order valence-corrected chi connectivity index (χ3v) is 4.30. The molecular formula is C17H26N6O. The summed E-state index contributed by atoms with van der Waals surface area (Å²) in [5, 5.41) is 3.65. The molecule has 3 unspecified atom stereocenters. The number of aliphatic imine (C=N–C) groups is 1. The van der Waals surface area contributed by atoms with E-state index in [0.717, 1.165) is 23.2 Å². The van der Waals surface area contributed by atoms with Crippen LogP contribution < -0.4 is 16.4 Å². The van der Waals surface area contributed by atoms with Gasteiger partial charge in [-0.25, -0.2) is 5.53 Å². The van der Waals surface area contributed by atoms with Crippen LogP contribution in [0.5, 0.6) is 0 Å². The Bertz CT molecular complexity index is 630. The summed E-state index contributed by atoms with van der Waals surface area (Å²) in [5.74, 6) is 0.00785. The van der Waals surface area contributed by atoms with E-state index >= 15 is 0 Å². The first-order valence-electron chi connectivity index (χ1n) is 8.25. The van der Waals surface area contributed by atoms with Crippen LogP contribution in [0, 0.1) is 5.53 Å². The smallest absolute Gasteiger partial charge is 0.224 e. The SMILES string of the molecule is CC(=O)N1c2ccc(C(C=NCCCN)N=N)cc2C(N)CC1C. The fraction of sp³-hybridized carbons (Fsp3) is 0.529. The Morgan fingerprint density at radius 1 is 1.54 bits per heavy atom. The van der Waals surface area contributed by atoms with Crippen molar-refractivity contribution in [3.8, 4) is 0 Å². The Morgan fingerprint density at radius 3 is 2.92 bits per heavy atom. The summed E-state index contributed by atoms with van der Waals surface area (Å²) < 4.78 is 0. The predicted octanol–water partition coefficient (Wildman–Crippen LogP) is 2.32. The number of hydrogen-bond donors (Lipinski definition) is 3. The monoisotopic (exact) mass is 330 g/mol. The second kappa shape index (κ2) is 8.12. The second-order valence-corrected chi connectivity index (χ2v) is 6.17. The number of fused-ring (bicyclic) bond motifs is 1. The van der Waals surface area contributed by atoms with Crippen LogP contribution in [-0.4, -0.2) is 31.3 Å². The molecule has 2 rings (SSSR count). The van der Waals surface area contributed by atoms with Crippen LogP contribution in [-0.2, 0) is 4.79 Å². The number of carbonyl (C=O) groups is 1. The van der Waals surface area contributed by atoms with Gasteiger partial charge in [-0.1, -0.05) is 6.07 Å². The standard InChI is InChI=1S/C17H26N6O/c1-11-8-15(19)14-9-13(4-5-17(14)23(11)12(2)24)16(22-20)10-21-7-3-6-18/h4-5,9-11,15-16,20H,3,6-8,18-19H2,1-2H3. The van der Waals surface area contributed by atoms with E-state index in [1.54, 1.807) is 18.0 Å². The zero-order chi connectivity index (χ0) is 17.7. The molecule has 1 aromatic carbocycles. The molecule has 0 bridgehead atoms. The lowest BCUT2D eigenvalue weighted by Gasteiger charge is -2.38. The van der Waals surface area contributed by atoms with E-state index in [-0.39, 0.29) is 18.0 Å². The van der Waals surface area contributed by atoms with Crippen LogP contribution in [0.15, 0.2) is 28.3 Å². The Labute approximate surface area is 142 Å².